The minimum absolute atomic E-state index is 0. The van der Waals surface area contributed by atoms with E-state index in [4.69, 9.17) is 17.5 Å². The molecule has 0 saturated heterocycles. The van der Waals surface area contributed by atoms with Crippen LogP contribution in [0.15, 0.2) is 4.21 Å². The maximum atomic E-state index is 8.83. The van der Waals surface area contributed by atoms with Crippen molar-refractivity contribution in [2.24, 2.45) is 0 Å². The van der Waals surface area contributed by atoms with Gasteiger partial charge in [0.2, 0.25) is 0 Å². The van der Waals surface area contributed by atoms with Crippen LogP contribution in [0, 0.1) is 16.0 Å². The maximum absolute atomic E-state index is 8.83. The molecular formula is C8H11N2NaS3. The molecule has 14 heavy (non-hydrogen) atoms. The van der Waals surface area contributed by atoms with Crippen molar-refractivity contribution >= 4 is 35.5 Å². The first-order chi connectivity index (χ1) is 6.19. The number of rotatable bonds is 3. The molecule has 1 N–H and O–H groups in total. The van der Waals surface area contributed by atoms with Crippen molar-refractivity contribution in [3.63, 3.8) is 0 Å². The number of nitrogens with zero attached hydrogens (tertiary/aromatic N) is 1. The Hall–Kier alpha value is 0.690. The summed E-state index contributed by atoms with van der Waals surface area (Å²) in [5.41, 5.74) is 0.630. The van der Waals surface area contributed by atoms with Crippen molar-refractivity contribution < 1.29 is 31.0 Å². The number of thioether (sulfide) groups is 1. The normalized spacial score (nSPS) is 11.5. The smallest absolute Gasteiger partial charge is 1.00 e. The Bertz CT molecular complexity index is 382. The molecule has 0 aliphatic rings. The maximum Gasteiger partial charge on any atom is 1.00 e. The van der Waals surface area contributed by atoms with E-state index in [0.29, 0.717) is 15.5 Å². The van der Waals surface area contributed by atoms with Gasteiger partial charge in [-0.05, 0) is 6.42 Å². The largest absolute Gasteiger partial charge is 1.00 e. The van der Waals surface area contributed by atoms with Gasteiger partial charge in [-0.3, -0.25) is 4.37 Å². The topological polar surface area (TPSA) is 39.6 Å². The first-order valence-electron chi connectivity index (χ1n) is 3.97. The summed E-state index contributed by atoms with van der Waals surface area (Å²) in [5.74, 6) is 0. The standard InChI is InChI=1S/C8H10N2S3.Na.H/c1-3-5(2)12-8-6(4-9)7(11)10-13-8;;/h5H,3H2,1-2H3,(H,10,11);;/q;+1;-1. The second-order valence-electron chi connectivity index (χ2n) is 2.64. The number of nitrogens with one attached hydrogen (secondary N) is 1. The van der Waals surface area contributed by atoms with E-state index in [1.165, 1.54) is 11.5 Å². The van der Waals surface area contributed by atoms with Gasteiger partial charge in [0.15, 0.2) is 0 Å². The number of H-pyrrole nitrogens is 1. The molecule has 0 bridgehead atoms. The fourth-order valence-electron chi connectivity index (χ4n) is 0.733. The zero-order valence-electron chi connectivity index (χ0n) is 9.46. The van der Waals surface area contributed by atoms with E-state index in [2.05, 4.69) is 24.3 Å². The Balaban J connectivity index is 0. The first-order valence-corrected chi connectivity index (χ1v) is 6.07. The molecule has 0 amide bonds. The van der Waals surface area contributed by atoms with Crippen molar-refractivity contribution in [1.29, 1.82) is 5.26 Å². The van der Waals surface area contributed by atoms with Crippen LogP contribution < -0.4 is 29.6 Å². The third kappa shape index (κ3) is 3.69. The minimum atomic E-state index is 0. The van der Waals surface area contributed by atoms with Crippen LogP contribution >= 0.6 is 35.5 Å². The van der Waals surface area contributed by atoms with Crippen molar-refractivity contribution in [3.05, 3.63) is 10.2 Å². The number of aromatic amines is 1. The molecule has 0 radical (unpaired) electrons. The van der Waals surface area contributed by atoms with Crippen molar-refractivity contribution in [3.8, 4) is 6.07 Å². The summed E-state index contributed by atoms with van der Waals surface area (Å²) < 4.78 is 4.51. The molecule has 2 nitrogen and oxygen atoms in total. The van der Waals surface area contributed by atoms with Gasteiger partial charge in [0.1, 0.15) is 16.3 Å². The quantitative estimate of drug-likeness (QED) is 0.490. The van der Waals surface area contributed by atoms with Crippen LogP contribution in [0.1, 0.15) is 27.3 Å². The summed E-state index contributed by atoms with van der Waals surface area (Å²) in [6.45, 7) is 4.28. The van der Waals surface area contributed by atoms with Crippen LogP contribution in [-0.2, 0) is 0 Å². The van der Waals surface area contributed by atoms with Crippen LogP contribution in [0.25, 0.3) is 0 Å². The molecule has 1 aromatic heterocycles. The molecule has 0 fully saturated rings. The van der Waals surface area contributed by atoms with Gasteiger partial charge in [-0.1, -0.05) is 37.6 Å². The van der Waals surface area contributed by atoms with E-state index in [0.717, 1.165) is 10.6 Å². The first kappa shape index (κ1) is 14.7. The predicted molar refractivity (Wildman–Crippen MR) is 60.9 cm³/mol. The Morgan fingerprint density at radius 3 is 2.93 bits per heavy atom. The summed E-state index contributed by atoms with van der Waals surface area (Å²) in [5, 5.41) is 9.37. The van der Waals surface area contributed by atoms with Crippen LogP contribution in [0.2, 0.25) is 0 Å². The summed E-state index contributed by atoms with van der Waals surface area (Å²) in [4.78, 5) is 0. The molecule has 0 spiro atoms. The zero-order chi connectivity index (χ0) is 9.84. The van der Waals surface area contributed by atoms with Gasteiger partial charge in [-0.15, -0.1) is 11.8 Å². The van der Waals surface area contributed by atoms with Crippen molar-refractivity contribution in [1.82, 2.24) is 4.37 Å². The average Bonchev–Trinajstić information content (AvgIpc) is 2.46. The minimum Gasteiger partial charge on any atom is -1.00 e. The second kappa shape index (κ2) is 7.04. The van der Waals surface area contributed by atoms with Gasteiger partial charge in [0.25, 0.3) is 0 Å². The van der Waals surface area contributed by atoms with Crippen molar-refractivity contribution in [2.45, 2.75) is 29.7 Å². The van der Waals surface area contributed by atoms with E-state index in [1.54, 1.807) is 11.8 Å². The molecule has 0 aliphatic carbocycles. The van der Waals surface area contributed by atoms with E-state index in [9.17, 15) is 0 Å². The molecule has 6 heteroatoms. The number of nitriles is 1. The van der Waals surface area contributed by atoms with Gasteiger partial charge in [0.05, 0.1) is 4.21 Å². The van der Waals surface area contributed by atoms with Crippen LogP contribution in [-0.4, -0.2) is 9.62 Å². The molecule has 1 unspecified atom stereocenters. The molecule has 0 saturated carbocycles. The summed E-state index contributed by atoms with van der Waals surface area (Å²) >= 11 is 8.15. The number of hydrogen-bond acceptors (Lipinski definition) is 4. The predicted octanol–water partition coefficient (Wildman–Crippen LogP) is 0.684. The van der Waals surface area contributed by atoms with E-state index in [1.807, 2.05) is 0 Å². The summed E-state index contributed by atoms with van der Waals surface area (Å²) in [6, 6.07) is 2.13. The SMILES string of the molecule is CCC(C)Sc1s[nH]c(=S)c1C#N.[H-].[Na+]. The molecule has 1 atom stereocenters. The third-order valence-electron chi connectivity index (χ3n) is 1.66. The number of aromatic nitrogens is 1. The van der Waals surface area contributed by atoms with Gasteiger partial charge < -0.3 is 1.43 Å². The molecule has 1 rings (SSSR count). The van der Waals surface area contributed by atoms with E-state index >= 15 is 0 Å². The van der Waals surface area contributed by atoms with Crippen LogP contribution in [0.3, 0.4) is 0 Å². The van der Waals surface area contributed by atoms with Gasteiger partial charge >= 0.3 is 29.6 Å². The monoisotopic (exact) mass is 254 g/mol. The molecule has 0 aromatic carbocycles. The van der Waals surface area contributed by atoms with Gasteiger partial charge in [-0.2, -0.15) is 5.26 Å². The van der Waals surface area contributed by atoms with Crippen molar-refractivity contribution in [2.75, 3.05) is 0 Å². The third-order valence-corrected chi connectivity index (χ3v) is 4.49. The molecule has 0 aliphatic heterocycles. The Morgan fingerprint density at radius 2 is 2.43 bits per heavy atom. The Kier molecular flexibility index (Phi) is 7.39. The zero-order valence-corrected chi connectivity index (χ0v) is 12.9. The van der Waals surface area contributed by atoms with E-state index < -0.39 is 0 Å². The van der Waals surface area contributed by atoms with Crippen LogP contribution in [0.5, 0.6) is 0 Å². The summed E-state index contributed by atoms with van der Waals surface area (Å²) in [6.07, 6.45) is 1.10. The fourth-order valence-corrected chi connectivity index (χ4v) is 3.28. The van der Waals surface area contributed by atoms with Gasteiger partial charge in [-0.25, -0.2) is 0 Å². The Morgan fingerprint density at radius 1 is 1.79 bits per heavy atom. The van der Waals surface area contributed by atoms with Gasteiger partial charge in [0, 0.05) is 5.25 Å². The second-order valence-corrected chi connectivity index (χ2v) is 5.58. The summed E-state index contributed by atoms with van der Waals surface area (Å²) in [7, 11) is 0. The van der Waals surface area contributed by atoms with E-state index in [-0.39, 0.29) is 31.0 Å². The number of hydrogen-bond donors (Lipinski definition) is 1. The molecule has 1 aromatic rings. The molecular weight excluding hydrogens is 243 g/mol. The average molecular weight is 254 g/mol. The Labute approximate surface area is 121 Å². The van der Waals surface area contributed by atoms with Crippen LogP contribution in [0.4, 0.5) is 0 Å². The molecule has 72 valence electrons. The molecule has 1 heterocycles. The fraction of sp³-hybridized carbons (Fsp3) is 0.500.